The van der Waals surface area contributed by atoms with Crippen molar-refractivity contribution in [3.8, 4) is 0 Å². The molecular weight excluding hydrogens is 365 g/mol. The van der Waals surface area contributed by atoms with Crippen LogP contribution in [0.25, 0.3) is 10.9 Å². The average Bonchev–Trinajstić information content (AvgIpc) is 2.69. The van der Waals surface area contributed by atoms with Crippen LogP contribution in [0.5, 0.6) is 0 Å². The lowest BCUT2D eigenvalue weighted by Crippen LogP contribution is -2.52. The van der Waals surface area contributed by atoms with Gasteiger partial charge in [-0.2, -0.15) is 0 Å². The molecule has 3 rings (SSSR count). The van der Waals surface area contributed by atoms with E-state index in [1.54, 1.807) is 4.90 Å². The highest BCUT2D eigenvalue weighted by Crippen LogP contribution is 2.09. The number of nitrogens with one attached hydrogen (secondary N) is 1. The van der Waals surface area contributed by atoms with Crippen molar-refractivity contribution in [1.82, 2.24) is 24.7 Å². The number of benzene rings is 1. The van der Waals surface area contributed by atoms with Crippen LogP contribution in [0.2, 0.25) is 0 Å². The van der Waals surface area contributed by atoms with Crippen molar-refractivity contribution in [3.05, 3.63) is 40.7 Å². The minimum Gasteiger partial charge on any atom is -0.355 e. The highest BCUT2D eigenvalue weighted by Gasteiger charge is 2.23. The second-order valence-corrected chi connectivity index (χ2v) is 6.85. The van der Waals surface area contributed by atoms with Gasteiger partial charge in [0.1, 0.15) is 12.4 Å². The summed E-state index contributed by atoms with van der Waals surface area (Å²) in [5.41, 5.74) is -0.0471. The zero-order valence-electron chi connectivity index (χ0n) is 15.9. The maximum absolute atomic E-state index is 13.4. The molecule has 9 heteroatoms. The Labute approximate surface area is 161 Å². The Balaban J connectivity index is 1.58. The van der Waals surface area contributed by atoms with Crippen molar-refractivity contribution in [2.45, 2.75) is 19.9 Å². The van der Waals surface area contributed by atoms with E-state index in [0.717, 1.165) is 12.5 Å². The first-order valence-corrected chi connectivity index (χ1v) is 9.39. The molecule has 2 heterocycles. The number of aromatic nitrogens is 2. The van der Waals surface area contributed by atoms with Gasteiger partial charge < -0.3 is 10.2 Å². The van der Waals surface area contributed by atoms with E-state index in [2.05, 4.69) is 10.3 Å². The molecule has 1 saturated heterocycles. The van der Waals surface area contributed by atoms with Crippen LogP contribution in [-0.2, 0) is 16.1 Å². The van der Waals surface area contributed by atoms with E-state index in [-0.39, 0.29) is 23.7 Å². The monoisotopic (exact) mass is 389 g/mol. The van der Waals surface area contributed by atoms with Gasteiger partial charge in [-0.25, -0.2) is 9.37 Å². The molecule has 0 unspecified atom stereocenters. The SMILES string of the molecule is CCCNC(=O)CN1CCN(C(=O)Cn2cnc3ccc(F)cc3c2=O)CC1. The van der Waals surface area contributed by atoms with E-state index < -0.39 is 11.4 Å². The van der Waals surface area contributed by atoms with Crippen molar-refractivity contribution in [2.75, 3.05) is 39.3 Å². The number of rotatable bonds is 6. The fraction of sp³-hybridized carbons (Fsp3) is 0.474. The Hall–Kier alpha value is -2.81. The van der Waals surface area contributed by atoms with Crippen molar-refractivity contribution in [3.63, 3.8) is 0 Å². The smallest absolute Gasteiger partial charge is 0.261 e. The number of hydrogen-bond acceptors (Lipinski definition) is 5. The van der Waals surface area contributed by atoms with Crippen LogP contribution in [0, 0.1) is 5.82 Å². The Morgan fingerprint density at radius 2 is 1.93 bits per heavy atom. The lowest BCUT2D eigenvalue weighted by atomic mass is 10.2. The van der Waals surface area contributed by atoms with Gasteiger partial charge in [0.2, 0.25) is 11.8 Å². The Morgan fingerprint density at radius 1 is 1.18 bits per heavy atom. The predicted octanol–water partition coefficient (Wildman–Crippen LogP) is 0.206. The van der Waals surface area contributed by atoms with Gasteiger partial charge in [0.05, 0.1) is 23.8 Å². The molecule has 1 aliphatic heterocycles. The third kappa shape index (κ3) is 4.72. The molecule has 0 saturated carbocycles. The first-order valence-electron chi connectivity index (χ1n) is 9.39. The van der Waals surface area contributed by atoms with Gasteiger partial charge in [-0.1, -0.05) is 6.92 Å². The summed E-state index contributed by atoms with van der Waals surface area (Å²) in [4.78, 5) is 44.6. The molecule has 0 radical (unpaired) electrons. The van der Waals surface area contributed by atoms with Crippen LogP contribution in [0.4, 0.5) is 4.39 Å². The number of fused-ring (bicyclic) bond motifs is 1. The number of piperazine rings is 1. The third-order valence-electron chi connectivity index (χ3n) is 4.76. The summed E-state index contributed by atoms with van der Waals surface area (Å²) in [7, 11) is 0. The summed E-state index contributed by atoms with van der Waals surface area (Å²) in [6, 6.07) is 3.81. The van der Waals surface area contributed by atoms with Crippen molar-refractivity contribution in [1.29, 1.82) is 0 Å². The number of amides is 2. The number of halogens is 1. The summed E-state index contributed by atoms with van der Waals surface area (Å²) in [5.74, 6) is -0.730. The topological polar surface area (TPSA) is 87.5 Å². The van der Waals surface area contributed by atoms with Gasteiger partial charge in [-0.15, -0.1) is 0 Å². The molecule has 0 atom stereocenters. The van der Waals surface area contributed by atoms with Gasteiger partial charge in [0, 0.05) is 32.7 Å². The van der Waals surface area contributed by atoms with Gasteiger partial charge >= 0.3 is 0 Å². The molecule has 0 aliphatic carbocycles. The van der Waals surface area contributed by atoms with Gasteiger partial charge in [0.15, 0.2) is 0 Å². The van der Waals surface area contributed by atoms with Crippen LogP contribution >= 0.6 is 0 Å². The summed E-state index contributed by atoms with van der Waals surface area (Å²) >= 11 is 0. The van der Waals surface area contributed by atoms with Crippen LogP contribution in [0.15, 0.2) is 29.3 Å². The zero-order chi connectivity index (χ0) is 20.1. The molecule has 2 aromatic rings. The fourth-order valence-electron chi connectivity index (χ4n) is 3.17. The summed E-state index contributed by atoms with van der Waals surface area (Å²) in [6.45, 7) is 5.02. The fourth-order valence-corrected chi connectivity index (χ4v) is 3.17. The van der Waals surface area contributed by atoms with Gasteiger partial charge in [0.25, 0.3) is 5.56 Å². The van der Waals surface area contributed by atoms with Crippen molar-refractivity contribution < 1.29 is 14.0 Å². The molecule has 1 aromatic heterocycles. The molecule has 8 nitrogen and oxygen atoms in total. The lowest BCUT2D eigenvalue weighted by Gasteiger charge is -2.34. The van der Waals surface area contributed by atoms with Crippen molar-refractivity contribution in [2.24, 2.45) is 0 Å². The van der Waals surface area contributed by atoms with Crippen LogP contribution in [0.3, 0.4) is 0 Å². The Morgan fingerprint density at radius 3 is 2.64 bits per heavy atom. The zero-order valence-corrected chi connectivity index (χ0v) is 15.9. The van der Waals surface area contributed by atoms with E-state index in [9.17, 15) is 18.8 Å². The largest absolute Gasteiger partial charge is 0.355 e. The highest BCUT2D eigenvalue weighted by molar-refractivity contribution is 5.79. The molecule has 1 aromatic carbocycles. The minimum absolute atomic E-state index is 0.0114. The van der Waals surface area contributed by atoms with E-state index in [1.165, 1.54) is 23.0 Å². The second kappa shape index (κ2) is 8.92. The van der Waals surface area contributed by atoms with Crippen LogP contribution < -0.4 is 10.9 Å². The quantitative estimate of drug-likeness (QED) is 0.763. The number of carbonyl (C=O) groups excluding carboxylic acids is 2. The molecule has 0 spiro atoms. The van der Waals surface area contributed by atoms with Crippen LogP contribution in [-0.4, -0.2) is 70.4 Å². The lowest BCUT2D eigenvalue weighted by molar-refractivity contribution is -0.134. The average molecular weight is 389 g/mol. The van der Waals surface area contributed by atoms with E-state index in [1.807, 2.05) is 11.8 Å². The number of nitrogens with zero attached hydrogens (tertiary/aromatic N) is 4. The van der Waals surface area contributed by atoms with E-state index >= 15 is 0 Å². The molecule has 1 N–H and O–H groups in total. The predicted molar refractivity (Wildman–Crippen MR) is 102 cm³/mol. The van der Waals surface area contributed by atoms with Crippen LogP contribution in [0.1, 0.15) is 13.3 Å². The standard InChI is InChI=1S/C19H24FN5O3/c1-2-5-21-17(26)11-23-6-8-24(9-7-23)18(27)12-25-13-22-16-4-3-14(20)10-15(16)19(25)28/h3-4,10,13H,2,5-9,11-12H2,1H3,(H,21,26). The summed E-state index contributed by atoms with van der Waals surface area (Å²) < 4.78 is 14.6. The summed E-state index contributed by atoms with van der Waals surface area (Å²) in [6.07, 6.45) is 2.21. The molecule has 2 amide bonds. The first-order chi connectivity index (χ1) is 13.5. The second-order valence-electron chi connectivity index (χ2n) is 6.85. The van der Waals surface area contributed by atoms with E-state index in [0.29, 0.717) is 44.8 Å². The third-order valence-corrected chi connectivity index (χ3v) is 4.76. The van der Waals surface area contributed by atoms with Gasteiger partial charge in [-0.05, 0) is 24.6 Å². The summed E-state index contributed by atoms with van der Waals surface area (Å²) in [5, 5.41) is 2.99. The molecule has 150 valence electrons. The highest BCUT2D eigenvalue weighted by atomic mass is 19.1. The van der Waals surface area contributed by atoms with Gasteiger partial charge in [-0.3, -0.25) is 23.9 Å². The minimum atomic E-state index is -0.519. The Bertz CT molecular complexity index is 921. The Kier molecular flexibility index (Phi) is 6.35. The first kappa shape index (κ1) is 19.9. The molecule has 28 heavy (non-hydrogen) atoms. The maximum Gasteiger partial charge on any atom is 0.261 e. The maximum atomic E-state index is 13.4. The normalized spacial score (nSPS) is 15.0. The molecular formula is C19H24FN5O3. The number of carbonyl (C=O) groups is 2. The van der Waals surface area contributed by atoms with Crippen molar-refractivity contribution >= 4 is 22.7 Å². The molecule has 1 fully saturated rings. The number of hydrogen-bond donors (Lipinski definition) is 1. The van der Waals surface area contributed by atoms with E-state index in [4.69, 9.17) is 0 Å². The molecule has 0 bridgehead atoms. The molecule has 1 aliphatic rings.